The molecule has 1 aliphatic heterocycles. The molecule has 0 bridgehead atoms. The highest BCUT2D eigenvalue weighted by molar-refractivity contribution is 5.41. The number of aliphatic hydroxyl groups excluding tert-OH is 1. The van der Waals surface area contributed by atoms with Gasteiger partial charge in [-0.05, 0) is 25.1 Å². The molecule has 2 atom stereocenters. The summed E-state index contributed by atoms with van der Waals surface area (Å²) in [6.45, 7) is 1.97. The number of aliphatic hydroxyl groups is 1. The van der Waals surface area contributed by atoms with Gasteiger partial charge in [0.05, 0.1) is 6.10 Å². The number of halogens is 1. The monoisotopic (exact) mass is 258 g/mol. The molecule has 0 aromatic heterocycles. The molecule has 0 spiro atoms. The van der Waals surface area contributed by atoms with Crippen molar-refractivity contribution >= 4 is 0 Å². The molecule has 0 saturated heterocycles. The first-order chi connectivity index (χ1) is 9.15. The van der Waals surface area contributed by atoms with Crippen LogP contribution in [-0.4, -0.2) is 5.11 Å². The highest BCUT2D eigenvalue weighted by atomic mass is 19.1. The van der Waals surface area contributed by atoms with E-state index in [0.29, 0.717) is 17.7 Å². The number of ether oxygens (including phenoxy) is 1. The van der Waals surface area contributed by atoms with E-state index >= 15 is 0 Å². The van der Waals surface area contributed by atoms with E-state index in [1.165, 1.54) is 6.07 Å². The third-order valence-electron chi connectivity index (χ3n) is 3.48. The summed E-state index contributed by atoms with van der Waals surface area (Å²) in [4.78, 5) is 0. The molecule has 2 aromatic carbocycles. The first kappa shape index (κ1) is 12.2. The molecule has 98 valence electrons. The molecule has 3 heteroatoms. The second kappa shape index (κ2) is 4.67. The van der Waals surface area contributed by atoms with Crippen LogP contribution in [0.15, 0.2) is 42.5 Å². The van der Waals surface area contributed by atoms with E-state index in [0.717, 1.165) is 11.1 Å². The molecule has 0 radical (unpaired) electrons. The van der Waals surface area contributed by atoms with Crippen LogP contribution < -0.4 is 4.74 Å². The fourth-order valence-electron chi connectivity index (χ4n) is 2.49. The Kier molecular flexibility index (Phi) is 2.99. The van der Waals surface area contributed by atoms with Gasteiger partial charge < -0.3 is 9.84 Å². The van der Waals surface area contributed by atoms with Crippen molar-refractivity contribution in [2.45, 2.75) is 25.6 Å². The predicted octanol–water partition coefficient (Wildman–Crippen LogP) is 3.69. The first-order valence-electron chi connectivity index (χ1n) is 6.35. The van der Waals surface area contributed by atoms with Crippen LogP contribution in [0, 0.1) is 12.7 Å². The Morgan fingerprint density at radius 3 is 2.74 bits per heavy atom. The summed E-state index contributed by atoms with van der Waals surface area (Å²) in [6, 6.07) is 12.2. The van der Waals surface area contributed by atoms with E-state index < -0.39 is 12.2 Å². The number of rotatable bonds is 1. The van der Waals surface area contributed by atoms with Crippen LogP contribution >= 0.6 is 0 Å². The van der Waals surface area contributed by atoms with Crippen LogP contribution in [0.2, 0.25) is 0 Å². The highest BCUT2D eigenvalue weighted by Gasteiger charge is 2.29. The molecule has 1 heterocycles. The van der Waals surface area contributed by atoms with Crippen molar-refractivity contribution in [3.63, 3.8) is 0 Å². The van der Waals surface area contributed by atoms with E-state index in [2.05, 4.69) is 0 Å². The van der Waals surface area contributed by atoms with Gasteiger partial charge in [0.25, 0.3) is 0 Å². The lowest BCUT2D eigenvalue weighted by Gasteiger charge is -2.30. The average Bonchev–Trinajstić information content (AvgIpc) is 2.40. The quantitative estimate of drug-likeness (QED) is 0.845. The lowest BCUT2D eigenvalue weighted by atomic mass is 9.94. The van der Waals surface area contributed by atoms with Crippen LogP contribution in [0.5, 0.6) is 5.75 Å². The molecule has 1 aliphatic rings. The number of benzene rings is 2. The standard InChI is InChI=1S/C16H15FO2/c1-10-6-7-15-12(8-10)14(18)9-16(19-15)11-4-2-3-5-13(11)17/h2-8,14,16,18H,9H2,1H3. The molecule has 2 nitrogen and oxygen atoms in total. The Morgan fingerprint density at radius 1 is 1.16 bits per heavy atom. The van der Waals surface area contributed by atoms with E-state index in [9.17, 15) is 9.50 Å². The fraction of sp³-hybridized carbons (Fsp3) is 0.250. The molecule has 2 aromatic rings. The van der Waals surface area contributed by atoms with Crippen molar-refractivity contribution < 1.29 is 14.2 Å². The topological polar surface area (TPSA) is 29.5 Å². The number of hydrogen-bond donors (Lipinski definition) is 1. The van der Waals surface area contributed by atoms with Crippen LogP contribution in [-0.2, 0) is 0 Å². The van der Waals surface area contributed by atoms with Gasteiger partial charge in [-0.15, -0.1) is 0 Å². The van der Waals surface area contributed by atoms with Crippen molar-refractivity contribution in [3.8, 4) is 5.75 Å². The zero-order chi connectivity index (χ0) is 13.4. The van der Waals surface area contributed by atoms with Crippen molar-refractivity contribution in [2.24, 2.45) is 0 Å². The SMILES string of the molecule is Cc1ccc2c(c1)C(O)CC(c1ccccc1F)O2. The Bertz CT molecular complexity index is 609. The van der Waals surface area contributed by atoms with Gasteiger partial charge in [-0.2, -0.15) is 0 Å². The second-order valence-corrected chi connectivity index (χ2v) is 4.92. The van der Waals surface area contributed by atoms with Crippen LogP contribution in [0.1, 0.15) is 35.3 Å². The number of hydrogen-bond acceptors (Lipinski definition) is 2. The van der Waals surface area contributed by atoms with Gasteiger partial charge >= 0.3 is 0 Å². The van der Waals surface area contributed by atoms with Crippen molar-refractivity contribution in [1.82, 2.24) is 0 Å². The van der Waals surface area contributed by atoms with Crippen molar-refractivity contribution in [1.29, 1.82) is 0 Å². The molecular weight excluding hydrogens is 243 g/mol. The second-order valence-electron chi connectivity index (χ2n) is 4.92. The zero-order valence-electron chi connectivity index (χ0n) is 10.6. The van der Waals surface area contributed by atoms with Gasteiger partial charge in [-0.3, -0.25) is 0 Å². The van der Waals surface area contributed by atoms with E-state index in [1.807, 2.05) is 25.1 Å². The summed E-state index contributed by atoms with van der Waals surface area (Å²) in [5, 5.41) is 10.2. The maximum atomic E-state index is 13.8. The number of aryl methyl sites for hydroxylation is 1. The van der Waals surface area contributed by atoms with Gasteiger partial charge in [0.2, 0.25) is 0 Å². The highest BCUT2D eigenvalue weighted by Crippen LogP contribution is 2.41. The molecule has 1 N–H and O–H groups in total. The molecule has 19 heavy (non-hydrogen) atoms. The van der Waals surface area contributed by atoms with Crippen LogP contribution in [0.4, 0.5) is 4.39 Å². The summed E-state index contributed by atoms with van der Waals surface area (Å²) in [5.41, 5.74) is 2.35. The fourth-order valence-corrected chi connectivity index (χ4v) is 2.49. The molecule has 2 unspecified atom stereocenters. The summed E-state index contributed by atoms with van der Waals surface area (Å²) in [6.07, 6.45) is -0.683. The minimum Gasteiger partial charge on any atom is -0.485 e. The maximum Gasteiger partial charge on any atom is 0.130 e. The first-order valence-corrected chi connectivity index (χ1v) is 6.35. The minimum atomic E-state index is -0.617. The smallest absolute Gasteiger partial charge is 0.130 e. The summed E-state index contributed by atoms with van der Waals surface area (Å²) in [7, 11) is 0. The van der Waals surface area contributed by atoms with Gasteiger partial charge in [0.1, 0.15) is 17.7 Å². The summed E-state index contributed by atoms with van der Waals surface area (Å²) in [5.74, 6) is 0.341. The zero-order valence-corrected chi connectivity index (χ0v) is 10.6. The number of fused-ring (bicyclic) bond motifs is 1. The van der Waals surface area contributed by atoms with E-state index in [1.54, 1.807) is 18.2 Å². The largest absolute Gasteiger partial charge is 0.485 e. The van der Waals surface area contributed by atoms with Crippen LogP contribution in [0.25, 0.3) is 0 Å². The Balaban J connectivity index is 1.97. The average molecular weight is 258 g/mol. The molecule has 0 aliphatic carbocycles. The maximum absolute atomic E-state index is 13.8. The van der Waals surface area contributed by atoms with Gasteiger partial charge in [0, 0.05) is 17.5 Å². The molecule has 0 saturated carbocycles. The van der Waals surface area contributed by atoms with Crippen molar-refractivity contribution in [2.75, 3.05) is 0 Å². The summed E-state index contributed by atoms with van der Waals surface area (Å²) < 4.78 is 19.6. The summed E-state index contributed by atoms with van der Waals surface area (Å²) >= 11 is 0. The van der Waals surface area contributed by atoms with Gasteiger partial charge in [-0.25, -0.2) is 4.39 Å². The molecule has 0 fully saturated rings. The van der Waals surface area contributed by atoms with E-state index in [-0.39, 0.29) is 5.82 Å². The lowest BCUT2D eigenvalue weighted by Crippen LogP contribution is -2.20. The predicted molar refractivity (Wildman–Crippen MR) is 70.5 cm³/mol. The Labute approximate surface area is 111 Å². The lowest BCUT2D eigenvalue weighted by molar-refractivity contribution is 0.0639. The minimum absolute atomic E-state index is 0.296. The van der Waals surface area contributed by atoms with E-state index in [4.69, 9.17) is 4.74 Å². The third kappa shape index (κ3) is 2.22. The van der Waals surface area contributed by atoms with Gasteiger partial charge in [-0.1, -0.05) is 29.8 Å². The third-order valence-corrected chi connectivity index (χ3v) is 3.48. The molecular formula is C16H15FO2. The molecule has 3 rings (SSSR count). The Morgan fingerprint density at radius 2 is 1.95 bits per heavy atom. The van der Waals surface area contributed by atoms with Gasteiger partial charge in [0.15, 0.2) is 0 Å². The van der Waals surface area contributed by atoms with Crippen molar-refractivity contribution in [3.05, 3.63) is 65.0 Å². The molecule has 0 amide bonds. The Hall–Kier alpha value is -1.87. The normalized spacial score (nSPS) is 21.6. The van der Waals surface area contributed by atoms with Crippen LogP contribution in [0.3, 0.4) is 0 Å².